The van der Waals surface area contributed by atoms with Gasteiger partial charge < -0.3 is 25.9 Å². The number of carbonyl (C=O) groups excluding carboxylic acids is 1. The lowest BCUT2D eigenvalue weighted by Gasteiger charge is -2.27. The van der Waals surface area contributed by atoms with Crippen molar-refractivity contribution in [2.24, 2.45) is 5.73 Å². The summed E-state index contributed by atoms with van der Waals surface area (Å²) in [4.78, 5) is 21.2. The summed E-state index contributed by atoms with van der Waals surface area (Å²) in [5.41, 5.74) is 7.91. The van der Waals surface area contributed by atoms with Crippen LogP contribution < -0.4 is 16.4 Å². The van der Waals surface area contributed by atoms with Crippen LogP contribution in [0, 0.1) is 0 Å². The molecule has 1 aliphatic rings. The summed E-state index contributed by atoms with van der Waals surface area (Å²) in [7, 11) is 0. The van der Waals surface area contributed by atoms with Crippen LogP contribution in [0.15, 0.2) is 34.9 Å². The van der Waals surface area contributed by atoms with Crippen LogP contribution in [0.4, 0.5) is 17.3 Å². The van der Waals surface area contributed by atoms with Crippen LogP contribution >= 0.6 is 0 Å². The normalized spacial score (nSPS) is 19.2. The monoisotopic (exact) mass is 395 g/mol. The van der Waals surface area contributed by atoms with E-state index in [1.807, 2.05) is 31.2 Å². The van der Waals surface area contributed by atoms with Crippen LogP contribution in [-0.2, 0) is 6.42 Å². The molecule has 0 atom stereocenters. The van der Waals surface area contributed by atoms with Gasteiger partial charge in [0, 0.05) is 17.1 Å². The summed E-state index contributed by atoms with van der Waals surface area (Å²) in [6.45, 7) is 1.96. The first kappa shape index (κ1) is 19.2. The first-order chi connectivity index (χ1) is 14.0. The minimum absolute atomic E-state index is 0.110. The molecule has 1 amide bonds. The van der Waals surface area contributed by atoms with E-state index in [2.05, 4.69) is 20.6 Å². The fraction of sp³-hybridized carbons (Fsp3) is 0.381. The molecule has 1 aromatic carbocycles. The number of amides is 1. The van der Waals surface area contributed by atoms with Gasteiger partial charge in [-0.2, -0.15) is 0 Å². The Morgan fingerprint density at radius 3 is 2.72 bits per heavy atom. The van der Waals surface area contributed by atoms with Crippen LogP contribution in [0.1, 0.15) is 48.8 Å². The molecule has 3 aromatic rings. The summed E-state index contributed by atoms with van der Waals surface area (Å²) in [6.07, 6.45) is 5.28. The number of aliphatic hydroxyl groups is 1. The number of aryl methyl sites for hydroxylation is 1. The highest BCUT2D eigenvalue weighted by Crippen LogP contribution is 2.27. The van der Waals surface area contributed by atoms with E-state index in [9.17, 15) is 9.90 Å². The van der Waals surface area contributed by atoms with E-state index in [0.29, 0.717) is 23.8 Å². The van der Waals surface area contributed by atoms with Crippen molar-refractivity contribution in [1.82, 2.24) is 9.97 Å². The number of aliphatic hydroxyl groups excluding tert-OH is 1. The molecular formula is C21H25N5O3. The number of nitrogens with one attached hydrogen (secondary N) is 2. The van der Waals surface area contributed by atoms with Gasteiger partial charge in [-0.25, -0.2) is 9.97 Å². The number of aromatic nitrogens is 2. The Bertz CT molecular complexity index is 1020. The second-order valence-corrected chi connectivity index (χ2v) is 7.38. The molecule has 8 nitrogen and oxygen atoms in total. The molecule has 152 valence electrons. The van der Waals surface area contributed by atoms with Crippen molar-refractivity contribution in [3.63, 3.8) is 0 Å². The van der Waals surface area contributed by atoms with Gasteiger partial charge >= 0.3 is 0 Å². The topological polar surface area (TPSA) is 126 Å². The van der Waals surface area contributed by atoms with Gasteiger partial charge in [-0.1, -0.05) is 6.92 Å². The molecule has 4 rings (SSSR count). The van der Waals surface area contributed by atoms with Gasteiger partial charge in [0.05, 0.1) is 18.1 Å². The van der Waals surface area contributed by atoms with Crippen molar-refractivity contribution in [2.45, 2.75) is 51.2 Å². The van der Waals surface area contributed by atoms with Crippen LogP contribution in [-0.4, -0.2) is 33.1 Å². The maximum atomic E-state index is 12.0. The molecule has 2 heterocycles. The molecule has 29 heavy (non-hydrogen) atoms. The average Bonchev–Trinajstić information content (AvgIpc) is 3.17. The predicted octanol–water partition coefficient (Wildman–Crippen LogP) is 3.34. The lowest BCUT2D eigenvalue weighted by molar-refractivity contribution is 0.0996. The predicted molar refractivity (Wildman–Crippen MR) is 111 cm³/mol. The van der Waals surface area contributed by atoms with Crippen LogP contribution in [0.2, 0.25) is 0 Å². The summed E-state index contributed by atoms with van der Waals surface area (Å²) in [5, 5.41) is 17.3. The highest BCUT2D eigenvalue weighted by molar-refractivity contribution is 5.97. The van der Waals surface area contributed by atoms with Gasteiger partial charge in [0.15, 0.2) is 11.5 Å². The number of nitrogens with zero attached hydrogens (tertiary/aromatic N) is 2. The maximum absolute atomic E-state index is 12.0. The molecule has 0 aliphatic heterocycles. The Morgan fingerprint density at radius 2 is 2.00 bits per heavy atom. The molecule has 0 radical (unpaired) electrons. The van der Waals surface area contributed by atoms with Gasteiger partial charge in [0.25, 0.3) is 5.91 Å². The Morgan fingerprint density at radius 1 is 1.21 bits per heavy atom. The molecule has 1 fully saturated rings. The smallest absolute Gasteiger partial charge is 0.271 e. The molecule has 1 saturated carbocycles. The van der Waals surface area contributed by atoms with Crippen molar-refractivity contribution < 1.29 is 14.3 Å². The second-order valence-electron chi connectivity index (χ2n) is 7.38. The highest BCUT2D eigenvalue weighted by atomic mass is 16.3. The Balaban J connectivity index is 1.65. The molecule has 2 aromatic heterocycles. The third kappa shape index (κ3) is 4.17. The maximum Gasteiger partial charge on any atom is 0.271 e. The number of rotatable bonds is 6. The number of hydrogen-bond donors (Lipinski definition) is 4. The van der Waals surface area contributed by atoms with E-state index >= 15 is 0 Å². The molecular weight excluding hydrogens is 370 g/mol. The van der Waals surface area contributed by atoms with E-state index in [4.69, 9.17) is 10.2 Å². The number of furan rings is 1. The first-order valence-electron chi connectivity index (χ1n) is 9.93. The number of anilines is 3. The number of primary amides is 1. The molecule has 5 N–H and O–H groups in total. The van der Waals surface area contributed by atoms with E-state index < -0.39 is 5.91 Å². The van der Waals surface area contributed by atoms with Crippen molar-refractivity contribution in [3.8, 4) is 0 Å². The average molecular weight is 395 g/mol. The van der Waals surface area contributed by atoms with Crippen molar-refractivity contribution in [2.75, 3.05) is 10.6 Å². The number of carbonyl (C=O) groups is 1. The zero-order valence-electron chi connectivity index (χ0n) is 16.3. The standard InChI is InChI=1S/C21H25N5O3/c1-2-16-20(23-13-3-6-15(27)7-4-13)26-21(18(25-16)19(22)28)24-14-5-8-17-12(11-14)9-10-29-17/h5,8-11,13,15,27H,2-4,6-7H2,1H3,(H2,22,28)(H2,23,24,26)/t13-,15-. The van der Waals surface area contributed by atoms with Crippen LogP contribution in [0.5, 0.6) is 0 Å². The van der Waals surface area contributed by atoms with Gasteiger partial charge in [0.1, 0.15) is 11.4 Å². The van der Waals surface area contributed by atoms with Gasteiger partial charge in [0.2, 0.25) is 0 Å². The largest absolute Gasteiger partial charge is 0.464 e. The van der Waals surface area contributed by atoms with Crippen molar-refractivity contribution in [3.05, 3.63) is 41.9 Å². The van der Waals surface area contributed by atoms with Gasteiger partial charge in [-0.15, -0.1) is 0 Å². The highest BCUT2D eigenvalue weighted by Gasteiger charge is 2.23. The number of hydrogen-bond acceptors (Lipinski definition) is 7. The molecule has 0 spiro atoms. The minimum Gasteiger partial charge on any atom is -0.464 e. The zero-order valence-corrected chi connectivity index (χ0v) is 16.3. The molecule has 8 heteroatoms. The molecule has 0 saturated heterocycles. The Hall–Kier alpha value is -3.13. The zero-order chi connectivity index (χ0) is 20.4. The summed E-state index contributed by atoms with van der Waals surface area (Å²) >= 11 is 0. The van der Waals surface area contributed by atoms with Gasteiger partial charge in [-0.05, 0) is 56.4 Å². The lowest BCUT2D eigenvalue weighted by Crippen LogP contribution is -2.29. The third-order valence-electron chi connectivity index (χ3n) is 5.29. The molecule has 0 unspecified atom stereocenters. The summed E-state index contributed by atoms with van der Waals surface area (Å²) in [5.74, 6) is 0.327. The van der Waals surface area contributed by atoms with Crippen molar-refractivity contribution in [1.29, 1.82) is 0 Å². The minimum atomic E-state index is -0.633. The fourth-order valence-corrected chi connectivity index (χ4v) is 3.69. The lowest BCUT2D eigenvalue weighted by atomic mass is 9.93. The van der Waals surface area contributed by atoms with E-state index in [0.717, 1.165) is 42.3 Å². The van der Waals surface area contributed by atoms with Crippen LogP contribution in [0.25, 0.3) is 11.0 Å². The summed E-state index contributed by atoms with van der Waals surface area (Å²) in [6, 6.07) is 7.69. The SMILES string of the molecule is CCc1nc(C(N)=O)c(Nc2ccc3occc3c2)nc1N[C@H]1CC[C@H](O)CC1. The van der Waals surface area contributed by atoms with E-state index in [-0.39, 0.29) is 17.8 Å². The fourth-order valence-electron chi connectivity index (χ4n) is 3.69. The van der Waals surface area contributed by atoms with Gasteiger partial charge in [-0.3, -0.25) is 4.79 Å². The molecule has 1 aliphatic carbocycles. The Labute approximate surface area is 168 Å². The Kier molecular flexibility index (Phi) is 5.35. The summed E-state index contributed by atoms with van der Waals surface area (Å²) < 4.78 is 5.37. The third-order valence-corrected chi connectivity index (χ3v) is 5.29. The second kappa shape index (κ2) is 8.08. The number of benzene rings is 1. The van der Waals surface area contributed by atoms with E-state index in [1.54, 1.807) is 6.26 Å². The van der Waals surface area contributed by atoms with E-state index in [1.165, 1.54) is 0 Å². The first-order valence-corrected chi connectivity index (χ1v) is 9.93. The van der Waals surface area contributed by atoms with Crippen LogP contribution in [0.3, 0.4) is 0 Å². The number of nitrogens with two attached hydrogens (primary N) is 1. The molecule has 0 bridgehead atoms. The van der Waals surface area contributed by atoms with Crippen molar-refractivity contribution >= 4 is 34.2 Å². The number of fused-ring (bicyclic) bond motifs is 1. The quantitative estimate of drug-likeness (QED) is 0.504.